The van der Waals surface area contributed by atoms with Crippen molar-refractivity contribution in [3.63, 3.8) is 0 Å². The Morgan fingerprint density at radius 2 is 0.913 bits per heavy atom. The van der Waals surface area contributed by atoms with E-state index >= 15 is 0 Å². The first-order chi connectivity index (χ1) is 55.0. The minimum Gasteiger partial charge on any atom is -0.496 e. The number of ether oxygens (including phenoxy) is 4. The highest BCUT2D eigenvalue weighted by Crippen LogP contribution is 2.42. The lowest BCUT2D eigenvalue weighted by Gasteiger charge is -2.38. The molecule has 14 rings (SSSR count). The zero-order valence-electron chi connectivity index (χ0n) is 63.5. The first kappa shape index (κ1) is 82.1. The predicted octanol–water partition coefficient (Wildman–Crippen LogP) is 2.10. The largest absolute Gasteiger partial charge is 0.496 e. The van der Waals surface area contributed by atoms with Gasteiger partial charge >= 0.3 is 5.97 Å². The van der Waals surface area contributed by atoms with Crippen LogP contribution in [0.1, 0.15) is 78.2 Å². The van der Waals surface area contributed by atoms with Crippen LogP contribution in [0.15, 0.2) is 120 Å². The van der Waals surface area contributed by atoms with Crippen molar-refractivity contribution in [1.82, 2.24) is 54.7 Å². The standard InChI is InChI=1S/C39H41N7O10S.C22H23N3O5.C17H20N4O6S/c1-44-20-27(24-9-10-40-17-26(24)37(44)50)22-15-31(55-2)28(32(16-22)56-3)21-45-18-23(19-45)35(48)42-12-14-57(53,54)13-11-41-29-6-4-5-25-34(29)39(52)46(38(25)51)30-7-8-33(47)43-36(30)49;1-24-11-17(15-4-5-23-8-16(15)21(24)26)13-6-19(29-2)18(20(7-13)30-3)12-25-9-14(10-25)22(27)28;18-6-8-28(26,27)9-7-19-11-3-1-2-10-14(11)17(25)21(16(10)24)12-4-5-13(22)20-15(12)23/h4-6,9-10,15-17,20,23,30,41H,7-8,11-14,18-19,21H2,1-3H3,(H,42,48)(H,43,47,49);4-8,11,14H,9-10,12H2,1-3H3,(H,27,28);1-3,12,19H,4-9,18H2,(H,20,22,23). The lowest BCUT2D eigenvalue weighted by atomic mass is 9.96. The minimum absolute atomic E-state index is 0.00783. The van der Waals surface area contributed by atoms with Gasteiger partial charge in [0.05, 0.1) is 107 Å². The Morgan fingerprint density at radius 1 is 0.522 bits per heavy atom. The van der Waals surface area contributed by atoms with Crippen LogP contribution in [0.5, 0.6) is 23.0 Å². The fourth-order valence-electron chi connectivity index (χ4n) is 14.7. The molecule has 4 aromatic carbocycles. The number of imide groups is 4. The van der Waals surface area contributed by atoms with E-state index in [-0.39, 0.29) is 132 Å². The van der Waals surface area contributed by atoms with Crippen LogP contribution in [0.4, 0.5) is 11.4 Å². The van der Waals surface area contributed by atoms with Gasteiger partial charge in [-0.2, -0.15) is 0 Å². The average molecular weight is 1620 g/mol. The predicted molar refractivity (Wildman–Crippen MR) is 419 cm³/mol. The van der Waals surface area contributed by atoms with Crippen molar-refractivity contribution in [2.45, 2.75) is 50.9 Å². The number of piperidine rings is 2. The lowest BCUT2D eigenvalue weighted by molar-refractivity contribution is -0.148. The SMILES string of the molecule is COc1cc(-c2cn(C)c(=O)c3cnccc23)cc(OC)c1CN1CC(C(=O)NCCS(=O)(=O)CCNc2cccc3c2C(=O)N(C2CCC(=O)NC2=O)C3=O)C1.COc1cc(-c2cn(C)c(=O)c3cnccc23)cc(OC)c1CN1CC(C(=O)O)C1.NCCS(=O)(=O)CCNc1cccc2c1C(=O)N(C1CCC(=O)NC1=O)C2=O. The average Bonchev–Trinajstić information content (AvgIpc) is 1.72. The highest BCUT2D eigenvalue weighted by Gasteiger charge is 2.48. The molecule has 6 aliphatic rings. The molecule has 4 saturated heterocycles. The molecule has 4 fully saturated rings. The number of methoxy groups -OCH3 is 4. The fraction of sp³-hybridized carbons (Fsp3) is 0.359. The lowest BCUT2D eigenvalue weighted by Crippen LogP contribution is -2.54. The van der Waals surface area contributed by atoms with E-state index < -0.39 is 85.0 Å². The molecule has 4 aromatic heterocycles. The normalized spacial score (nSPS) is 17.1. The van der Waals surface area contributed by atoms with E-state index in [0.717, 1.165) is 54.0 Å². The molecule has 35 nitrogen and oxygen atoms in total. The maximum atomic E-state index is 13.3. The van der Waals surface area contributed by atoms with Crippen LogP contribution in [-0.4, -0.2) is 236 Å². The van der Waals surface area contributed by atoms with Crippen molar-refractivity contribution >= 4 is 112 Å². The number of nitrogens with two attached hydrogens (primary N) is 1. The number of carboxylic acids is 1. The molecule has 0 saturated carbocycles. The van der Waals surface area contributed by atoms with E-state index in [1.165, 1.54) is 21.3 Å². The van der Waals surface area contributed by atoms with Gasteiger partial charge in [0, 0.05) is 152 Å². The number of aryl methyl sites for hydroxylation is 2. The number of carboxylic acid groups (broad SMARTS) is 1. The summed E-state index contributed by atoms with van der Waals surface area (Å²) in [4.78, 5) is 163. The van der Waals surface area contributed by atoms with E-state index in [1.807, 2.05) is 35.2 Å². The number of sulfone groups is 2. The Labute approximate surface area is 658 Å². The number of hydrogen-bond acceptors (Lipinski definition) is 27. The number of carbonyl (C=O) groups is 10. The fourth-order valence-corrected chi connectivity index (χ4v) is 16.7. The number of aromatic nitrogens is 4. The molecule has 0 radical (unpaired) electrons. The van der Waals surface area contributed by atoms with E-state index in [0.29, 0.717) is 78.7 Å². The zero-order valence-corrected chi connectivity index (χ0v) is 65.1. The van der Waals surface area contributed by atoms with E-state index in [9.17, 15) is 74.4 Å². The molecule has 8 aromatic rings. The van der Waals surface area contributed by atoms with Crippen LogP contribution in [0.2, 0.25) is 0 Å². The molecular weight excluding hydrogens is 1530 g/mol. The smallest absolute Gasteiger partial charge is 0.309 e. The second-order valence-electron chi connectivity index (χ2n) is 28.2. The summed E-state index contributed by atoms with van der Waals surface area (Å²) in [5, 5.41) is 24.5. The number of nitrogens with zero attached hydrogens (tertiary/aromatic N) is 8. The molecule has 0 spiro atoms. The number of fused-ring (bicyclic) bond motifs is 4. The zero-order chi connectivity index (χ0) is 82.5. The Morgan fingerprint density at radius 3 is 1.30 bits per heavy atom. The van der Waals surface area contributed by atoms with E-state index in [4.69, 9.17) is 29.8 Å². The number of benzene rings is 4. The maximum Gasteiger partial charge on any atom is 0.309 e. The Bertz CT molecular complexity index is 5610. The van der Waals surface area contributed by atoms with Gasteiger partial charge in [-0.15, -0.1) is 0 Å². The van der Waals surface area contributed by atoms with E-state index in [2.05, 4.69) is 41.5 Å². The number of pyridine rings is 4. The van der Waals surface area contributed by atoms with Gasteiger partial charge in [-0.1, -0.05) is 12.1 Å². The van der Waals surface area contributed by atoms with Crippen LogP contribution in [-0.2, 0) is 75.6 Å². The van der Waals surface area contributed by atoms with Crippen molar-refractivity contribution in [2.24, 2.45) is 31.7 Å². The summed E-state index contributed by atoms with van der Waals surface area (Å²) in [6, 6.07) is 18.2. The Balaban J connectivity index is 0.000000176. The number of amides is 9. The highest BCUT2D eigenvalue weighted by atomic mass is 32.2. The molecule has 115 heavy (non-hydrogen) atoms. The second-order valence-corrected chi connectivity index (χ2v) is 32.8. The minimum atomic E-state index is -3.63. The van der Waals surface area contributed by atoms with Gasteiger partial charge in [0.25, 0.3) is 34.7 Å². The van der Waals surface area contributed by atoms with Crippen LogP contribution < -0.4 is 62.4 Å². The summed E-state index contributed by atoms with van der Waals surface area (Å²) in [6.07, 6.45) is 10.1. The summed E-state index contributed by atoms with van der Waals surface area (Å²) in [7, 11) is 2.78. The molecule has 2 unspecified atom stereocenters. The van der Waals surface area contributed by atoms with Gasteiger partial charge in [0.15, 0.2) is 19.7 Å². The topological polar surface area (TPSA) is 465 Å². The van der Waals surface area contributed by atoms with Gasteiger partial charge in [-0.25, -0.2) is 16.8 Å². The third kappa shape index (κ3) is 17.4. The first-order valence-corrected chi connectivity index (χ1v) is 40.2. The Kier molecular flexibility index (Phi) is 24.7. The molecule has 8 N–H and O–H groups in total. The molecule has 2 atom stereocenters. The number of aliphatic carboxylic acids is 1. The number of anilines is 2. The molecule has 10 heterocycles. The molecule has 9 amide bonds. The molecule has 604 valence electrons. The quantitative estimate of drug-likeness (QED) is 0.0362. The second kappa shape index (κ2) is 34.6. The summed E-state index contributed by atoms with van der Waals surface area (Å²) < 4.78 is 75.2. The molecule has 0 bridgehead atoms. The summed E-state index contributed by atoms with van der Waals surface area (Å²) in [5.41, 5.74) is 10.9. The van der Waals surface area contributed by atoms with Gasteiger partial charge in [-0.05, 0) is 95.4 Å². The van der Waals surface area contributed by atoms with Crippen LogP contribution in [0, 0.1) is 11.8 Å². The van der Waals surface area contributed by atoms with Crippen molar-refractivity contribution < 1.29 is 88.8 Å². The van der Waals surface area contributed by atoms with Crippen molar-refractivity contribution in [1.29, 1.82) is 0 Å². The number of nitrogens with one attached hydrogen (secondary N) is 5. The number of carbonyl (C=O) groups excluding carboxylic acids is 9. The molecule has 6 aliphatic heterocycles. The maximum absolute atomic E-state index is 13.3. The summed E-state index contributed by atoms with van der Waals surface area (Å²) in [5.74, 6) is -5.09. The number of rotatable bonds is 27. The van der Waals surface area contributed by atoms with Crippen LogP contribution in [0.3, 0.4) is 0 Å². The highest BCUT2D eigenvalue weighted by molar-refractivity contribution is 7.91. The molecular formula is C78H84N14O21S2. The van der Waals surface area contributed by atoms with Gasteiger partial charge in [0.1, 0.15) is 35.1 Å². The number of likely N-dealkylation sites (tertiary alicyclic amines) is 2. The van der Waals surface area contributed by atoms with Crippen molar-refractivity contribution in [2.75, 3.05) is 114 Å². The first-order valence-electron chi connectivity index (χ1n) is 36.6. The van der Waals surface area contributed by atoms with Crippen molar-refractivity contribution in [3.05, 3.63) is 164 Å². The van der Waals surface area contributed by atoms with Gasteiger partial charge in [-0.3, -0.25) is 97.7 Å². The molecule has 0 aliphatic carbocycles. The third-order valence-electron chi connectivity index (χ3n) is 20.7. The summed E-state index contributed by atoms with van der Waals surface area (Å²) >= 11 is 0. The third-order valence-corrected chi connectivity index (χ3v) is 24.1. The summed E-state index contributed by atoms with van der Waals surface area (Å²) in [6.45, 7) is 2.78. The monoisotopic (exact) mass is 1620 g/mol. The van der Waals surface area contributed by atoms with Gasteiger partial charge < -0.3 is 54.9 Å². The molecule has 37 heteroatoms. The van der Waals surface area contributed by atoms with E-state index in [1.54, 1.807) is 110 Å². The van der Waals surface area contributed by atoms with Crippen LogP contribution in [0.25, 0.3) is 43.8 Å². The van der Waals surface area contributed by atoms with Gasteiger partial charge in [0.2, 0.25) is 29.5 Å². The number of hydrogen-bond donors (Lipinski definition) is 7. The van der Waals surface area contributed by atoms with Crippen LogP contribution >= 0.6 is 0 Å². The van der Waals surface area contributed by atoms with Crippen molar-refractivity contribution in [3.8, 4) is 45.3 Å². The Hall–Kier alpha value is -12.3.